The van der Waals surface area contributed by atoms with Crippen LogP contribution in [-0.2, 0) is 6.42 Å². The molecule has 0 atom stereocenters. The van der Waals surface area contributed by atoms with Gasteiger partial charge < -0.3 is 4.74 Å². The molecule has 1 aliphatic rings. The fourth-order valence-electron chi connectivity index (χ4n) is 1.91. The summed E-state index contributed by atoms with van der Waals surface area (Å²) in [5.41, 5.74) is 2.34. The van der Waals surface area contributed by atoms with Crippen LogP contribution in [0.4, 0.5) is 0 Å². The molecule has 0 saturated carbocycles. The summed E-state index contributed by atoms with van der Waals surface area (Å²) < 4.78 is 7.96. The zero-order valence-electron chi connectivity index (χ0n) is 8.64. The summed E-state index contributed by atoms with van der Waals surface area (Å²) in [6.45, 7) is 0. The lowest BCUT2D eigenvalue weighted by molar-refractivity contribution is 0.459. The van der Waals surface area contributed by atoms with Gasteiger partial charge in [0, 0.05) is 25.6 Å². The highest BCUT2D eigenvalue weighted by Crippen LogP contribution is 2.40. The van der Waals surface area contributed by atoms with Crippen molar-refractivity contribution in [1.29, 1.82) is 0 Å². The molecule has 1 aliphatic heterocycles. The zero-order valence-corrected chi connectivity index (χ0v) is 13.1. The van der Waals surface area contributed by atoms with E-state index in [9.17, 15) is 0 Å². The number of benzene rings is 2. The van der Waals surface area contributed by atoms with Crippen molar-refractivity contribution >= 4 is 50.1 Å². The summed E-state index contributed by atoms with van der Waals surface area (Å²) in [5.74, 6) is 1.82. The van der Waals surface area contributed by atoms with Crippen molar-refractivity contribution in [3.63, 3.8) is 0 Å². The van der Waals surface area contributed by atoms with Crippen LogP contribution in [0.1, 0.15) is 11.1 Å². The Labute approximate surface area is 126 Å². The molecular weight excluding hydrogens is 414 g/mol. The van der Waals surface area contributed by atoms with Gasteiger partial charge in [0.15, 0.2) is 0 Å². The summed E-state index contributed by atoms with van der Waals surface area (Å²) in [6, 6.07) is 10.1. The molecule has 2 aromatic rings. The predicted octanol–water partition coefficient (Wildman–Crippen LogP) is 5.40. The van der Waals surface area contributed by atoms with Crippen LogP contribution < -0.4 is 4.74 Å². The third-order valence-electron chi connectivity index (χ3n) is 2.73. The van der Waals surface area contributed by atoms with E-state index in [0.717, 1.165) is 33.0 Å². The molecule has 1 heterocycles. The van der Waals surface area contributed by atoms with Gasteiger partial charge in [-0.25, -0.2) is 0 Å². The molecule has 0 amide bonds. The summed E-state index contributed by atoms with van der Waals surface area (Å²) >= 11 is 11.8. The SMILES string of the molecule is Clc1cc2c(cc1Br)Oc1ccc(I)cc1C2. The van der Waals surface area contributed by atoms with Gasteiger partial charge in [-0.05, 0) is 68.9 Å². The van der Waals surface area contributed by atoms with Gasteiger partial charge in [-0.2, -0.15) is 0 Å². The van der Waals surface area contributed by atoms with Crippen molar-refractivity contribution in [2.75, 3.05) is 0 Å². The molecule has 0 spiro atoms. The number of fused-ring (bicyclic) bond motifs is 2. The molecule has 0 aliphatic carbocycles. The Hall–Kier alpha value is -0.260. The molecule has 4 heteroatoms. The van der Waals surface area contributed by atoms with E-state index < -0.39 is 0 Å². The Bertz CT molecular complexity index is 613. The number of hydrogen-bond donors (Lipinski definition) is 0. The summed E-state index contributed by atoms with van der Waals surface area (Å²) in [7, 11) is 0. The fourth-order valence-corrected chi connectivity index (χ4v) is 2.98. The van der Waals surface area contributed by atoms with Crippen LogP contribution in [0.25, 0.3) is 0 Å². The van der Waals surface area contributed by atoms with Gasteiger partial charge in [-0.1, -0.05) is 11.6 Å². The molecular formula is C13H7BrClIO. The van der Waals surface area contributed by atoms with Crippen LogP contribution in [0.3, 0.4) is 0 Å². The van der Waals surface area contributed by atoms with E-state index in [2.05, 4.69) is 50.7 Å². The largest absolute Gasteiger partial charge is 0.457 e. The van der Waals surface area contributed by atoms with E-state index in [-0.39, 0.29) is 0 Å². The van der Waals surface area contributed by atoms with Crippen molar-refractivity contribution in [2.45, 2.75) is 6.42 Å². The maximum absolute atomic E-state index is 6.10. The van der Waals surface area contributed by atoms with Crippen molar-refractivity contribution < 1.29 is 4.74 Å². The highest BCUT2D eigenvalue weighted by molar-refractivity contribution is 14.1. The van der Waals surface area contributed by atoms with E-state index in [0.29, 0.717) is 0 Å². The van der Waals surface area contributed by atoms with E-state index in [4.69, 9.17) is 16.3 Å². The monoisotopic (exact) mass is 420 g/mol. The summed E-state index contributed by atoms with van der Waals surface area (Å²) in [4.78, 5) is 0. The predicted molar refractivity (Wildman–Crippen MR) is 81.2 cm³/mol. The fraction of sp³-hybridized carbons (Fsp3) is 0.0769. The second-order valence-electron chi connectivity index (χ2n) is 3.90. The molecule has 86 valence electrons. The van der Waals surface area contributed by atoms with E-state index in [1.165, 1.54) is 9.13 Å². The molecule has 0 bridgehead atoms. The van der Waals surface area contributed by atoms with Crippen LogP contribution >= 0.6 is 50.1 Å². The first-order valence-electron chi connectivity index (χ1n) is 5.08. The first-order chi connectivity index (χ1) is 8.13. The van der Waals surface area contributed by atoms with Gasteiger partial charge in [0.25, 0.3) is 0 Å². The third kappa shape index (κ3) is 2.20. The first-order valence-corrected chi connectivity index (χ1v) is 7.32. The van der Waals surface area contributed by atoms with Crippen molar-refractivity contribution in [2.24, 2.45) is 0 Å². The van der Waals surface area contributed by atoms with E-state index in [1.54, 1.807) is 0 Å². The van der Waals surface area contributed by atoms with Crippen molar-refractivity contribution in [3.05, 3.63) is 54.5 Å². The highest BCUT2D eigenvalue weighted by Gasteiger charge is 2.18. The Morgan fingerprint density at radius 1 is 1.12 bits per heavy atom. The second-order valence-corrected chi connectivity index (χ2v) is 6.41. The van der Waals surface area contributed by atoms with E-state index >= 15 is 0 Å². The molecule has 0 N–H and O–H groups in total. The minimum atomic E-state index is 0.724. The smallest absolute Gasteiger partial charge is 0.132 e. The maximum atomic E-state index is 6.10. The molecule has 17 heavy (non-hydrogen) atoms. The van der Waals surface area contributed by atoms with Gasteiger partial charge >= 0.3 is 0 Å². The number of halogens is 3. The topological polar surface area (TPSA) is 9.23 Å². The minimum absolute atomic E-state index is 0.724. The molecule has 0 radical (unpaired) electrons. The van der Waals surface area contributed by atoms with Crippen LogP contribution in [0.2, 0.25) is 5.02 Å². The average Bonchev–Trinajstić information content (AvgIpc) is 2.28. The van der Waals surface area contributed by atoms with Crippen LogP contribution in [0.15, 0.2) is 34.8 Å². The lowest BCUT2D eigenvalue weighted by Gasteiger charge is -2.21. The number of rotatable bonds is 0. The minimum Gasteiger partial charge on any atom is -0.457 e. The Balaban J connectivity index is 2.11. The lowest BCUT2D eigenvalue weighted by atomic mass is 10.0. The van der Waals surface area contributed by atoms with Gasteiger partial charge in [-0.3, -0.25) is 0 Å². The average molecular weight is 421 g/mol. The molecule has 0 saturated heterocycles. The normalized spacial score (nSPS) is 12.6. The van der Waals surface area contributed by atoms with Gasteiger partial charge in [-0.15, -0.1) is 0 Å². The van der Waals surface area contributed by atoms with Crippen LogP contribution in [0, 0.1) is 3.57 Å². The highest BCUT2D eigenvalue weighted by atomic mass is 127. The van der Waals surface area contributed by atoms with Crippen molar-refractivity contribution in [1.82, 2.24) is 0 Å². The Morgan fingerprint density at radius 3 is 2.71 bits per heavy atom. The number of ether oxygens (including phenoxy) is 1. The van der Waals surface area contributed by atoms with Crippen LogP contribution in [0.5, 0.6) is 11.5 Å². The summed E-state index contributed by atoms with van der Waals surface area (Å²) in [5, 5.41) is 0.724. The third-order valence-corrected chi connectivity index (χ3v) is 4.59. The standard InChI is InChI=1S/C13H7BrClIO/c14-10-6-13-8(5-11(10)15)3-7-4-9(16)1-2-12(7)17-13/h1-2,4-6H,3H2. The lowest BCUT2D eigenvalue weighted by Crippen LogP contribution is -2.03. The molecule has 3 rings (SSSR count). The van der Waals surface area contributed by atoms with Gasteiger partial charge in [0.05, 0.1) is 5.02 Å². The van der Waals surface area contributed by atoms with Crippen LogP contribution in [-0.4, -0.2) is 0 Å². The molecule has 0 unspecified atom stereocenters. The molecule has 0 fully saturated rings. The molecule has 2 aromatic carbocycles. The van der Waals surface area contributed by atoms with Crippen molar-refractivity contribution in [3.8, 4) is 11.5 Å². The van der Waals surface area contributed by atoms with Gasteiger partial charge in [0.2, 0.25) is 0 Å². The molecule has 1 nitrogen and oxygen atoms in total. The Morgan fingerprint density at radius 2 is 1.88 bits per heavy atom. The Kier molecular flexibility index (Phi) is 3.09. The number of hydrogen-bond acceptors (Lipinski definition) is 1. The summed E-state index contributed by atoms with van der Waals surface area (Å²) in [6.07, 6.45) is 0.870. The first kappa shape index (κ1) is 11.8. The van der Waals surface area contributed by atoms with Gasteiger partial charge in [0.1, 0.15) is 11.5 Å². The zero-order chi connectivity index (χ0) is 12.0. The quantitative estimate of drug-likeness (QED) is 0.442. The van der Waals surface area contributed by atoms with E-state index in [1.807, 2.05) is 18.2 Å². The molecule has 0 aromatic heterocycles. The maximum Gasteiger partial charge on any atom is 0.132 e. The second kappa shape index (κ2) is 4.44.